The zero-order valence-electron chi connectivity index (χ0n) is 16.3. The molecule has 0 amide bonds. The molecule has 5 nitrogen and oxygen atoms in total. The number of rotatable bonds is 6. The number of thiophene rings is 1. The third-order valence-corrected chi connectivity index (χ3v) is 5.93. The summed E-state index contributed by atoms with van der Waals surface area (Å²) in [4.78, 5) is 16.8. The number of aryl methyl sites for hydroxylation is 3. The fourth-order valence-electron chi connectivity index (χ4n) is 3.51. The van der Waals surface area contributed by atoms with Gasteiger partial charge in [0.15, 0.2) is 0 Å². The van der Waals surface area contributed by atoms with Gasteiger partial charge in [-0.2, -0.15) is 11.3 Å². The molecule has 3 aromatic heterocycles. The fourth-order valence-corrected chi connectivity index (χ4v) is 4.20. The molecule has 0 saturated carbocycles. The topological polar surface area (TPSA) is 51.9 Å². The van der Waals surface area contributed by atoms with Crippen LogP contribution in [-0.2, 0) is 27.1 Å². The van der Waals surface area contributed by atoms with E-state index >= 15 is 0 Å². The molecule has 28 heavy (non-hydrogen) atoms. The molecule has 1 N–H and O–H groups in total. The maximum Gasteiger partial charge on any atom is 0.328 e. The minimum atomic E-state index is -0.000649. The number of imidazole rings is 1. The molecular formula is C22H24N4OS. The maximum atomic E-state index is 12.2. The third-order valence-electron chi connectivity index (χ3n) is 5.20. The molecule has 4 aromatic rings. The summed E-state index contributed by atoms with van der Waals surface area (Å²) < 4.78 is 3.38. The Morgan fingerprint density at radius 3 is 2.61 bits per heavy atom. The molecular weight excluding hydrogens is 368 g/mol. The predicted octanol–water partition coefficient (Wildman–Crippen LogP) is 3.72. The van der Waals surface area contributed by atoms with Crippen LogP contribution in [0.15, 0.2) is 58.1 Å². The Morgan fingerprint density at radius 2 is 1.89 bits per heavy atom. The summed E-state index contributed by atoms with van der Waals surface area (Å²) in [5.41, 5.74) is 6.57. The van der Waals surface area contributed by atoms with E-state index in [0.29, 0.717) is 6.54 Å². The van der Waals surface area contributed by atoms with Crippen molar-refractivity contribution in [3.8, 4) is 0 Å². The average molecular weight is 393 g/mol. The first-order chi connectivity index (χ1) is 13.5. The SMILES string of the molecule is Cc1ccc(C(Cc2ccsc2)NCc2ccc3c(c2)n(C)c(=O)n3C)nc1. The lowest BCUT2D eigenvalue weighted by Gasteiger charge is -2.18. The lowest BCUT2D eigenvalue weighted by Crippen LogP contribution is -2.23. The smallest absolute Gasteiger partial charge is 0.304 e. The van der Waals surface area contributed by atoms with Crippen LogP contribution in [0, 0.1) is 6.92 Å². The summed E-state index contributed by atoms with van der Waals surface area (Å²) in [6.45, 7) is 2.76. The number of pyridine rings is 1. The summed E-state index contributed by atoms with van der Waals surface area (Å²) in [5, 5.41) is 7.96. The van der Waals surface area contributed by atoms with Gasteiger partial charge in [0.1, 0.15) is 0 Å². The second kappa shape index (κ2) is 7.73. The number of fused-ring (bicyclic) bond motifs is 1. The van der Waals surface area contributed by atoms with Crippen molar-refractivity contribution < 1.29 is 0 Å². The van der Waals surface area contributed by atoms with Gasteiger partial charge in [0.25, 0.3) is 0 Å². The van der Waals surface area contributed by atoms with E-state index in [4.69, 9.17) is 0 Å². The Bertz CT molecular complexity index is 1140. The predicted molar refractivity (Wildman–Crippen MR) is 115 cm³/mol. The first-order valence-corrected chi connectivity index (χ1v) is 10.3. The first kappa shape index (κ1) is 18.7. The van der Waals surface area contributed by atoms with Crippen LogP contribution in [0.2, 0.25) is 0 Å². The Kier molecular flexibility index (Phi) is 5.15. The molecule has 3 heterocycles. The van der Waals surface area contributed by atoms with Crippen molar-refractivity contribution in [1.29, 1.82) is 0 Å². The maximum absolute atomic E-state index is 12.2. The molecule has 0 aliphatic heterocycles. The van der Waals surface area contributed by atoms with E-state index < -0.39 is 0 Å². The van der Waals surface area contributed by atoms with Crippen LogP contribution < -0.4 is 11.0 Å². The van der Waals surface area contributed by atoms with Gasteiger partial charge in [-0.25, -0.2) is 4.79 Å². The van der Waals surface area contributed by atoms with Gasteiger partial charge in [-0.3, -0.25) is 14.1 Å². The molecule has 0 fully saturated rings. The molecule has 1 aromatic carbocycles. The van der Waals surface area contributed by atoms with Crippen molar-refractivity contribution in [3.05, 3.63) is 86.2 Å². The number of nitrogens with one attached hydrogen (secondary N) is 1. The Morgan fingerprint density at radius 1 is 1.07 bits per heavy atom. The van der Waals surface area contributed by atoms with Gasteiger partial charge in [0.05, 0.1) is 22.8 Å². The van der Waals surface area contributed by atoms with Gasteiger partial charge in [0, 0.05) is 26.8 Å². The highest BCUT2D eigenvalue weighted by atomic mass is 32.1. The van der Waals surface area contributed by atoms with E-state index in [1.165, 1.54) is 5.56 Å². The van der Waals surface area contributed by atoms with Crippen LogP contribution in [0.5, 0.6) is 0 Å². The van der Waals surface area contributed by atoms with E-state index in [1.807, 2.05) is 26.4 Å². The van der Waals surface area contributed by atoms with E-state index in [2.05, 4.69) is 58.3 Å². The second-order valence-electron chi connectivity index (χ2n) is 7.25. The zero-order valence-corrected chi connectivity index (χ0v) is 17.2. The Hall–Kier alpha value is -2.70. The van der Waals surface area contributed by atoms with E-state index in [-0.39, 0.29) is 11.7 Å². The third kappa shape index (κ3) is 3.66. The van der Waals surface area contributed by atoms with Gasteiger partial charge in [0.2, 0.25) is 0 Å². The normalized spacial score (nSPS) is 12.5. The fraction of sp³-hybridized carbons (Fsp3) is 0.273. The van der Waals surface area contributed by atoms with Gasteiger partial charge < -0.3 is 5.32 Å². The summed E-state index contributed by atoms with van der Waals surface area (Å²) in [7, 11) is 3.63. The largest absolute Gasteiger partial charge is 0.328 e. The molecule has 0 saturated heterocycles. The number of aromatic nitrogens is 3. The van der Waals surface area contributed by atoms with Crippen molar-refractivity contribution in [3.63, 3.8) is 0 Å². The zero-order chi connectivity index (χ0) is 19.7. The van der Waals surface area contributed by atoms with Gasteiger partial charge >= 0.3 is 5.69 Å². The van der Waals surface area contributed by atoms with Crippen LogP contribution in [-0.4, -0.2) is 14.1 Å². The highest BCUT2D eigenvalue weighted by molar-refractivity contribution is 7.07. The molecule has 0 spiro atoms. The minimum absolute atomic E-state index is 0.000649. The monoisotopic (exact) mass is 392 g/mol. The van der Waals surface area contributed by atoms with Crippen LogP contribution in [0.25, 0.3) is 11.0 Å². The first-order valence-electron chi connectivity index (χ1n) is 9.34. The lowest BCUT2D eigenvalue weighted by molar-refractivity contribution is 0.519. The molecule has 1 unspecified atom stereocenters. The van der Waals surface area contributed by atoms with E-state index in [0.717, 1.165) is 34.3 Å². The quantitative estimate of drug-likeness (QED) is 0.544. The number of hydrogen-bond acceptors (Lipinski definition) is 4. The van der Waals surface area contributed by atoms with Crippen molar-refractivity contribution in [1.82, 2.24) is 19.4 Å². The average Bonchev–Trinajstić information content (AvgIpc) is 3.29. The van der Waals surface area contributed by atoms with Gasteiger partial charge in [-0.15, -0.1) is 0 Å². The Balaban J connectivity index is 1.58. The standard InChI is InChI=1S/C22H24N4OS/c1-15-4-6-18(23-12-15)19(10-17-8-9-28-14-17)24-13-16-5-7-20-21(11-16)26(3)22(27)25(20)2/h4-9,11-12,14,19,24H,10,13H2,1-3H3. The van der Waals surface area contributed by atoms with E-state index in [1.54, 1.807) is 20.5 Å². The van der Waals surface area contributed by atoms with Crippen LogP contribution in [0.1, 0.15) is 28.4 Å². The molecule has 0 aliphatic carbocycles. The molecule has 4 rings (SSSR count). The van der Waals surface area contributed by atoms with Gasteiger partial charge in [-0.1, -0.05) is 12.1 Å². The highest BCUT2D eigenvalue weighted by Gasteiger charge is 2.15. The van der Waals surface area contributed by atoms with E-state index in [9.17, 15) is 4.79 Å². The number of nitrogens with zero attached hydrogens (tertiary/aromatic N) is 3. The van der Waals surface area contributed by atoms with Crippen molar-refractivity contribution in [2.24, 2.45) is 14.1 Å². The Labute approximate surface area is 168 Å². The van der Waals surface area contributed by atoms with Crippen LogP contribution in [0.3, 0.4) is 0 Å². The summed E-state index contributed by atoms with van der Waals surface area (Å²) in [6.07, 6.45) is 2.81. The molecule has 6 heteroatoms. The van der Waals surface area contributed by atoms with Crippen molar-refractivity contribution in [2.45, 2.75) is 25.9 Å². The molecule has 0 radical (unpaired) electrons. The minimum Gasteiger partial charge on any atom is -0.304 e. The highest BCUT2D eigenvalue weighted by Crippen LogP contribution is 2.20. The number of benzene rings is 1. The number of hydrogen-bond donors (Lipinski definition) is 1. The van der Waals surface area contributed by atoms with Crippen molar-refractivity contribution in [2.75, 3.05) is 0 Å². The van der Waals surface area contributed by atoms with Crippen LogP contribution >= 0.6 is 11.3 Å². The molecule has 0 bridgehead atoms. The summed E-state index contributed by atoms with van der Waals surface area (Å²) in [6, 6.07) is 12.7. The van der Waals surface area contributed by atoms with Crippen molar-refractivity contribution >= 4 is 22.4 Å². The molecule has 1 atom stereocenters. The molecule has 144 valence electrons. The second-order valence-corrected chi connectivity index (χ2v) is 8.03. The van der Waals surface area contributed by atoms with Gasteiger partial charge in [-0.05, 0) is 65.1 Å². The van der Waals surface area contributed by atoms with Crippen LogP contribution in [0.4, 0.5) is 0 Å². The molecule has 0 aliphatic rings. The lowest BCUT2D eigenvalue weighted by atomic mass is 10.0. The summed E-state index contributed by atoms with van der Waals surface area (Å²) >= 11 is 1.72. The summed E-state index contributed by atoms with van der Waals surface area (Å²) in [5.74, 6) is 0.